The molecule has 0 amide bonds. The van der Waals surface area contributed by atoms with Crippen molar-refractivity contribution >= 4 is 0 Å². The van der Waals surface area contributed by atoms with Crippen molar-refractivity contribution in [1.29, 1.82) is 0 Å². The maximum absolute atomic E-state index is 2.33. The fourth-order valence-electron chi connectivity index (χ4n) is 1.87. The lowest BCUT2D eigenvalue weighted by atomic mass is 10.1. The Morgan fingerprint density at radius 3 is 2.56 bits per heavy atom. The lowest BCUT2D eigenvalue weighted by molar-refractivity contribution is -0.697. The molecule has 1 rings (SSSR count). The molecule has 92 valence electrons. The van der Waals surface area contributed by atoms with E-state index in [0.29, 0.717) is 0 Å². The Morgan fingerprint density at radius 2 is 1.88 bits per heavy atom. The highest BCUT2D eigenvalue weighted by Gasteiger charge is 2.01. The second-order valence-corrected chi connectivity index (χ2v) is 4.26. The van der Waals surface area contributed by atoms with E-state index in [-0.39, 0.29) is 12.4 Å². The monoisotopic (exact) mass is 241 g/mol. The molecule has 0 aliphatic rings. The minimum absolute atomic E-state index is 0. The van der Waals surface area contributed by atoms with Gasteiger partial charge in [0.15, 0.2) is 12.4 Å². The zero-order chi connectivity index (χ0) is 10.9. The van der Waals surface area contributed by atoms with Gasteiger partial charge in [-0.15, -0.1) is 0 Å². The minimum Gasteiger partial charge on any atom is -1.00 e. The highest BCUT2D eigenvalue weighted by molar-refractivity contribution is 5.04. The predicted molar refractivity (Wildman–Crippen MR) is 64.8 cm³/mol. The largest absolute Gasteiger partial charge is 1.00 e. The summed E-state index contributed by atoms with van der Waals surface area (Å²) in [6.07, 6.45) is 12.3. The van der Waals surface area contributed by atoms with Crippen molar-refractivity contribution in [2.75, 3.05) is 0 Å². The van der Waals surface area contributed by atoms with Crippen LogP contribution in [0, 0.1) is 0 Å². The van der Waals surface area contributed by atoms with Gasteiger partial charge in [-0.3, -0.25) is 0 Å². The van der Waals surface area contributed by atoms with Crippen LogP contribution in [-0.4, -0.2) is 0 Å². The summed E-state index contributed by atoms with van der Waals surface area (Å²) >= 11 is 0. The lowest BCUT2D eigenvalue weighted by Gasteiger charge is -1.99. The SMILES string of the molecule is CCCCCC[n+]1cccc(CCC)c1.[Cl-]. The average molecular weight is 242 g/mol. The molecule has 1 nitrogen and oxygen atoms in total. The molecular weight excluding hydrogens is 218 g/mol. The van der Waals surface area contributed by atoms with E-state index in [1.54, 1.807) is 0 Å². The molecule has 0 saturated heterocycles. The minimum atomic E-state index is 0. The average Bonchev–Trinajstić information content (AvgIpc) is 2.26. The zero-order valence-electron chi connectivity index (χ0n) is 10.6. The molecule has 1 aromatic rings. The molecule has 0 aliphatic heterocycles. The number of aromatic nitrogens is 1. The number of hydrogen-bond acceptors (Lipinski definition) is 0. The molecule has 0 atom stereocenters. The van der Waals surface area contributed by atoms with Crippen molar-refractivity contribution < 1.29 is 17.0 Å². The molecule has 16 heavy (non-hydrogen) atoms. The Balaban J connectivity index is 0.00000225. The third kappa shape index (κ3) is 6.12. The Bertz CT molecular complexity index is 273. The third-order valence-electron chi connectivity index (χ3n) is 2.73. The number of hydrogen-bond donors (Lipinski definition) is 0. The summed E-state index contributed by atoms with van der Waals surface area (Å²) in [6.45, 7) is 5.67. The first-order valence-corrected chi connectivity index (χ1v) is 6.34. The fourth-order valence-corrected chi connectivity index (χ4v) is 1.87. The molecule has 1 aromatic heterocycles. The zero-order valence-corrected chi connectivity index (χ0v) is 11.3. The van der Waals surface area contributed by atoms with Crippen molar-refractivity contribution in [1.82, 2.24) is 0 Å². The molecule has 0 saturated carbocycles. The lowest BCUT2D eigenvalue weighted by Crippen LogP contribution is -3.00. The van der Waals surface area contributed by atoms with Crippen molar-refractivity contribution in [2.24, 2.45) is 0 Å². The molecule has 0 N–H and O–H groups in total. The molecule has 0 unspecified atom stereocenters. The molecule has 0 radical (unpaired) electrons. The topological polar surface area (TPSA) is 3.88 Å². The molecule has 2 heteroatoms. The number of halogens is 1. The normalized spacial score (nSPS) is 9.88. The quantitative estimate of drug-likeness (QED) is 0.484. The predicted octanol–water partition coefficient (Wildman–Crippen LogP) is 0.511. The van der Waals surface area contributed by atoms with E-state index in [4.69, 9.17) is 0 Å². The van der Waals surface area contributed by atoms with Gasteiger partial charge in [0.25, 0.3) is 0 Å². The van der Waals surface area contributed by atoms with Gasteiger partial charge >= 0.3 is 0 Å². The van der Waals surface area contributed by atoms with Crippen molar-refractivity contribution in [3.63, 3.8) is 0 Å². The van der Waals surface area contributed by atoms with Gasteiger partial charge in [0, 0.05) is 18.1 Å². The van der Waals surface area contributed by atoms with E-state index in [1.165, 1.54) is 50.6 Å². The van der Waals surface area contributed by atoms with Crippen LogP contribution in [0.15, 0.2) is 24.5 Å². The summed E-state index contributed by atoms with van der Waals surface area (Å²) < 4.78 is 2.33. The number of unbranched alkanes of at least 4 members (excludes halogenated alkanes) is 3. The Morgan fingerprint density at radius 1 is 1.06 bits per heavy atom. The van der Waals surface area contributed by atoms with E-state index in [9.17, 15) is 0 Å². The van der Waals surface area contributed by atoms with E-state index in [0.717, 1.165) is 0 Å². The van der Waals surface area contributed by atoms with Crippen LogP contribution in [0.25, 0.3) is 0 Å². The highest BCUT2D eigenvalue weighted by atomic mass is 35.5. The van der Waals surface area contributed by atoms with E-state index in [2.05, 4.69) is 42.9 Å². The van der Waals surface area contributed by atoms with Gasteiger partial charge in [-0.1, -0.05) is 33.1 Å². The second-order valence-electron chi connectivity index (χ2n) is 4.26. The molecule has 0 bridgehead atoms. The summed E-state index contributed by atoms with van der Waals surface area (Å²) in [7, 11) is 0. The van der Waals surface area contributed by atoms with Crippen molar-refractivity contribution in [3.05, 3.63) is 30.1 Å². The van der Waals surface area contributed by atoms with Gasteiger partial charge in [-0.2, -0.15) is 0 Å². The highest BCUT2D eigenvalue weighted by Crippen LogP contribution is 2.01. The Labute approximate surface area is 106 Å². The van der Waals surface area contributed by atoms with Crippen LogP contribution in [0.4, 0.5) is 0 Å². The maximum atomic E-state index is 2.33. The van der Waals surface area contributed by atoms with Crippen LogP contribution in [0.2, 0.25) is 0 Å². The van der Waals surface area contributed by atoms with Crippen molar-refractivity contribution in [3.8, 4) is 0 Å². The first-order chi connectivity index (χ1) is 7.36. The molecule has 0 spiro atoms. The van der Waals surface area contributed by atoms with Crippen LogP contribution >= 0.6 is 0 Å². The maximum Gasteiger partial charge on any atom is 0.171 e. The summed E-state index contributed by atoms with van der Waals surface area (Å²) in [5.41, 5.74) is 1.47. The number of nitrogens with zero attached hydrogens (tertiary/aromatic N) is 1. The first kappa shape index (κ1) is 15.4. The van der Waals surface area contributed by atoms with Gasteiger partial charge in [0.05, 0.1) is 0 Å². The Hall–Kier alpha value is -0.560. The molecular formula is C14H24ClN. The smallest absolute Gasteiger partial charge is 0.171 e. The van der Waals surface area contributed by atoms with E-state index < -0.39 is 0 Å². The molecule has 0 aliphatic carbocycles. The van der Waals surface area contributed by atoms with Gasteiger partial charge in [-0.05, 0) is 18.9 Å². The van der Waals surface area contributed by atoms with E-state index >= 15 is 0 Å². The standard InChI is InChI=1S/C14H24N.ClH/c1-3-5-6-7-11-15-12-8-10-14(13-15)9-4-2;/h8,10,12-13H,3-7,9,11H2,1-2H3;1H/q+1;/p-1. The third-order valence-corrected chi connectivity index (χ3v) is 2.73. The molecule has 0 aromatic carbocycles. The van der Waals surface area contributed by atoms with E-state index in [1.807, 2.05) is 0 Å². The van der Waals surface area contributed by atoms with Crippen LogP contribution in [0.5, 0.6) is 0 Å². The van der Waals surface area contributed by atoms with Gasteiger partial charge in [-0.25, -0.2) is 4.57 Å². The Kier molecular flexibility index (Phi) is 9.31. The van der Waals surface area contributed by atoms with Crippen molar-refractivity contribution in [2.45, 2.75) is 58.9 Å². The van der Waals surface area contributed by atoms with Crippen LogP contribution in [0.3, 0.4) is 0 Å². The fraction of sp³-hybridized carbons (Fsp3) is 0.643. The first-order valence-electron chi connectivity index (χ1n) is 6.34. The number of pyridine rings is 1. The van der Waals surface area contributed by atoms with Gasteiger partial charge < -0.3 is 12.4 Å². The molecule has 1 heterocycles. The van der Waals surface area contributed by atoms with Gasteiger partial charge in [0.2, 0.25) is 0 Å². The van der Waals surface area contributed by atoms with Gasteiger partial charge in [0.1, 0.15) is 6.54 Å². The molecule has 0 fully saturated rings. The van der Waals surface area contributed by atoms with Crippen LogP contribution in [0.1, 0.15) is 51.5 Å². The van der Waals surface area contributed by atoms with Crippen LogP contribution in [-0.2, 0) is 13.0 Å². The number of rotatable bonds is 7. The summed E-state index contributed by atoms with van der Waals surface area (Å²) in [5.74, 6) is 0. The summed E-state index contributed by atoms with van der Waals surface area (Å²) in [6, 6.07) is 4.40. The summed E-state index contributed by atoms with van der Waals surface area (Å²) in [4.78, 5) is 0. The number of aryl methyl sites for hydroxylation is 2. The van der Waals surface area contributed by atoms with Crippen LogP contribution < -0.4 is 17.0 Å². The second kappa shape index (κ2) is 9.65. The summed E-state index contributed by atoms with van der Waals surface area (Å²) in [5, 5.41) is 0.